The van der Waals surface area contributed by atoms with Gasteiger partial charge in [0, 0.05) is 58.8 Å². The lowest BCUT2D eigenvalue weighted by molar-refractivity contribution is -0.120. The number of benzene rings is 7. The number of nitrogens with zero attached hydrogens (tertiary/aromatic N) is 1. The number of primary amides is 3. The van der Waals surface area contributed by atoms with Crippen molar-refractivity contribution in [3.8, 4) is 28.7 Å². The van der Waals surface area contributed by atoms with Crippen molar-refractivity contribution in [1.29, 1.82) is 0 Å². The van der Waals surface area contributed by atoms with Gasteiger partial charge in [0.25, 0.3) is 23.3 Å². The Morgan fingerprint density at radius 1 is 0.557 bits per heavy atom. The largest absolute Gasteiger partial charge is 0.496 e. The third-order valence-corrected chi connectivity index (χ3v) is 18.9. The molecular formula is C69H70N10O17S. The second-order valence-electron chi connectivity index (χ2n) is 23.6. The molecule has 0 saturated carbocycles. The molecule has 7 aromatic carbocycles. The number of nitrogens with two attached hydrogens (primary N) is 4. The van der Waals surface area contributed by atoms with Gasteiger partial charge in [0.1, 0.15) is 48.6 Å². The van der Waals surface area contributed by atoms with Crippen LogP contribution in [0.4, 0.5) is 5.82 Å². The maximum atomic E-state index is 12.8. The van der Waals surface area contributed by atoms with Crippen LogP contribution in [0.1, 0.15) is 93.6 Å². The van der Waals surface area contributed by atoms with E-state index in [-0.39, 0.29) is 75.6 Å². The highest BCUT2D eigenvalue weighted by atomic mass is 32.2. The zero-order valence-electron chi connectivity index (χ0n) is 53.0. The minimum Gasteiger partial charge on any atom is -0.496 e. The van der Waals surface area contributed by atoms with Crippen molar-refractivity contribution in [1.82, 2.24) is 31.2 Å². The number of H-pyrrole nitrogens is 1. The van der Waals surface area contributed by atoms with Crippen LogP contribution in [0.3, 0.4) is 0 Å². The molecule has 0 radical (unpaired) electrons. The first-order valence-electron chi connectivity index (χ1n) is 31.0. The number of fused-ring (bicyclic) bond motifs is 6. The Labute approximate surface area is 553 Å². The summed E-state index contributed by atoms with van der Waals surface area (Å²) in [6.07, 6.45) is 9.00. The quantitative estimate of drug-likeness (QED) is 0.0468. The molecule has 4 saturated heterocycles. The Morgan fingerprint density at radius 3 is 1.66 bits per heavy atom. The van der Waals surface area contributed by atoms with E-state index < -0.39 is 33.1 Å². The van der Waals surface area contributed by atoms with Crippen molar-refractivity contribution >= 4 is 117 Å². The highest BCUT2D eigenvalue weighted by Gasteiger charge is 2.31. The minimum atomic E-state index is -3.64. The Kier molecular flexibility index (Phi) is 19.8. The van der Waals surface area contributed by atoms with Gasteiger partial charge >= 0.3 is 0 Å². The number of nitrogen functional groups attached to an aromatic ring is 1. The maximum absolute atomic E-state index is 12.8. The summed E-state index contributed by atoms with van der Waals surface area (Å²) >= 11 is 0. The predicted octanol–water partition coefficient (Wildman–Crippen LogP) is 5.65. The molecule has 7 amide bonds. The normalized spacial score (nSPS) is 17.7. The van der Waals surface area contributed by atoms with Crippen LogP contribution < -0.4 is 73.4 Å². The fraction of sp³-hybridized carbons (Fsp3) is 0.290. The Hall–Kier alpha value is -11.4. The number of hydrogen-bond acceptors (Lipinski definition) is 19. The molecule has 2 aromatic heterocycles. The van der Waals surface area contributed by atoms with Crippen molar-refractivity contribution < 1.29 is 74.8 Å². The summed E-state index contributed by atoms with van der Waals surface area (Å²) in [5.74, 6) is 1.13. The summed E-state index contributed by atoms with van der Waals surface area (Å²) in [5, 5.41) is 16.5. The van der Waals surface area contributed by atoms with E-state index in [0.717, 1.165) is 63.1 Å². The molecule has 13 N–H and O–H groups in total. The molecule has 6 heterocycles. The minimum absolute atomic E-state index is 0.0328. The number of nitrogens with one attached hydrogen (secondary N) is 5. The summed E-state index contributed by atoms with van der Waals surface area (Å²) < 4.78 is 64.8. The van der Waals surface area contributed by atoms with E-state index in [9.17, 15) is 46.8 Å². The number of ether oxygens (including phenoxy) is 6. The van der Waals surface area contributed by atoms with Gasteiger partial charge in [-0.25, -0.2) is 13.4 Å². The van der Waals surface area contributed by atoms with E-state index in [1.165, 1.54) is 39.5 Å². The molecule has 9 aromatic rings. The molecule has 0 bridgehead atoms. The zero-order valence-corrected chi connectivity index (χ0v) is 53.8. The number of anilines is 1. The standard InChI is InChI=1S/C19H18N2O5.C17H16N4O3.C17H18N2O5S.C16H18N2O4/c1-24-15-8-13-11(7-14(15)19(20)23)6-10-4-5-25-17(10)18(13)26-9-12-2-3-16(22)21-12;18-16-17(23)21-12-6-9-2-1-3-14(11(9)7-13(12)20-16)24-8-10-4-5-15(22)19-10;1-24-14-8-12-10(7-13(14)17(18)21)3-2-4-15(12)25(22,23)9-11-5-6-16(20)19-11;1-21-14-7-11-9(6-12(14)16(17)20)2-4-13(11)22-8-10-3-5-15(19)18-10/h4-8,12H,2-3,9H2,1H3,(H2,20,23)(H,21,22);1-3,6-7,10H,4-5,8H2,(H2,18,20)(H,19,22)(H,21,23);2-4,7-8,11H,5-6,9H2,1H3,(H2,18,21)(H,19,20);4,6-7,10H,2-3,5,8H2,1H3,(H2,17,20)(H,18,19). The molecule has 4 unspecified atom stereocenters. The van der Waals surface area contributed by atoms with Gasteiger partial charge in [0.05, 0.1) is 84.1 Å². The lowest BCUT2D eigenvalue weighted by Gasteiger charge is -2.15. The summed E-state index contributed by atoms with van der Waals surface area (Å²) in [5.41, 5.74) is 26.0. The Morgan fingerprint density at radius 2 is 1.08 bits per heavy atom. The smallest absolute Gasteiger partial charge is 0.290 e. The lowest BCUT2D eigenvalue weighted by atomic mass is 10.0. The van der Waals surface area contributed by atoms with Crippen LogP contribution in [-0.4, -0.2) is 131 Å². The maximum Gasteiger partial charge on any atom is 0.290 e. The Bertz CT molecular complexity index is 4880. The van der Waals surface area contributed by atoms with E-state index in [1.54, 1.807) is 42.7 Å². The van der Waals surface area contributed by atoms with E-state index in [0.29, 0.717) is 120 Å². The van der Waals surface area contributed by atoms with E-state index in [2.05, 4.69) is 31.2 Å². The number of furan rings is 1. The van der Waals surface area contributed by atoms with Crippen molar-refractivity contribution in [2.75, 3.05) is 52.6 Å². The van der Waals surface area contributed by atoms with Crippen molar-refractivity contribution in [3.63, 3.8) is 0 Å². The average Bonchev–Trinajstić information content (AvgIpc) is 1.62. The SMILES string of the molecule is COc1cc2c(OCC3CCC(=O)N3)c3occc3cc2cc1C(N)=O.COc1cc2c(S(=O)(=O)CC3CCC(=O)N3)cccc2cc1C(N)=O.COc1cc2c(cc1C(N)=O)CC=C2OCC1CCC(=O)N1.Nc1nc2cc3c(OCC4CCC(=O)N4)cccc3cc2[nH]c1=O. The number of amides is 7. The van der Waals surface area contributed by atoms with Crippen molar-refractivity contribution in [2.24, 2.45) is 17.2 Å². The summed E-state index contributed by atoms with van der Waals surface area (Å²) in [6, 6.07) is 27.6. The van der Waals surface area contributed by atoms with Gasteiger partial charge in [0.2, 0.25) is 23.6 Å². The van der Waals surface area contributed by atoms with E-state index in [4.69, 9.17) is 55.8 Å². The molecule has 4 aliphatic heterocycles. The first-order valence-corrected chi connectivity index (χ1v) is 32.7. The van der Waals surface area contributed by atoms with E-state index in [1.807, 2.05) is 48.5 Å². The molecule has 97 heavy (non-hydrogen) atoms. The summed E-state index contributed by atoms with van der Waals surface area (Å²) in [7, 11) is 0.731. The third-order valence-electron chi connectivity index (χ3n) is 17.1. The molecule has 27 nitrogen and oxygen atoms in total. The van der Waals surface area contributed by atoms with Gasteiger partial charge in [-0.3, -0.25) is 38.4 Å². The number of aromatic amines is 1. The number of carbonyl (C=O) groups is 7. The second-order valence-corrected chi connectivity index (χ2v) is 25.7. The fourth-order valence-electron chi connectivity index (χ4n) is 12.2. The second kappa shape index (κ2) is 28.7. The van der Waals surface area contributed by atoms with Crippen LogP contribution in [0.5, 0.6) is 28.7 Å². The predicted molar refractivity (Wildman–Crippen MR) is 359 cm³/mol. The topological polar surface area (TPSA) is 420 Å². The number of methoxy groups -OCH3 is 3. The molecular weight excluding hydrogens is 1270 g/mol. The first-order chi connectivity index (χ1) is 46.6. The number of sulfone groups is 1. The molecule has 28 heteroatoms. The van der Waals surface area contributed by atoms with Gasteiger partial charge in [-0.2, -0.15) is 0 Å². The third kappa shape index (κ3) is 15.1. The van der Waals surface area contributed by atoms with Crippen LogP contribution in [0.2, 0.25) is 0 Å². The number of rotatable bonds is 18. The van der Waals surface area contributed by atoms with Crippen LogP contribution in [0, 0.1) is 0 Å². The molecule has 14 rings (SSSR count). The molecule has 4 atom stereocenters. The van der Waals surface area contributed by atoms with Gasteiger partial charge in [-0.1, -0.05) is 24.3 Å². The number of hydrogen-bond donors (Lipinski definition) is 9. The lowest BCUT2D eigenvalue weighted by Crippen LogP contribution is -2.32. The Balaban J connectivity index is 0.000000131. The van der Waals surface area contributed by atoms with Crippen molar-refractivity contribution in [2.45, 2.75) is 86.9 Å². The molecule has 1 aliphatic carbocycles. The molecule has 504 valence electrons. The van der Waals surface area contributed by atoms with Crippen LogP contribution in [-0.2, 0) is 40.2 Å². The number of aromatic nitrogens is 2. The van der Waals surface area contributed by atoms with Crippen LogP contribution in [0.15, 0.2) is 124 Å². The highest BCUT2D eigenvalue weighted by molar-refractivity contribution is 7.91. The first kappa shape index (κ1) is 67.0. The van der Waals surface area contributed by atoms with Gasteiger partial charge in [0.15, 0.2) is 27.0 Å². The zero-order chi connectivity index (χ0) is 68.8. The average molecular weight is 1340 g/mol. The summed E-state index contributed by atoms with van der Waals surface area (Å²) in [6.45, 7) is 1.20. The van der Waals surface area contributed by atoms with Gasteiger partial charge in [-0.15, -0.1) is 0 Å². The van der Waals surface area contributed by atoms with Crippen LogP contribution >= 0.6 is 0 Å². The van der Waals surface area contributed by atoms with E-state index >= 15 is 0 Å². The monoisotopic (exact) mass is 1340 g/mol. The number of allylic oxidation sites excluding steroid dienone is 1. The molecule has 4 fully saturated rings. The van der Waals surface area contributed by atoms with Crippen molar-refractivity contribution in [3.05, 3.63) is 148 Å². The number of carbonyl (C=O) groups excluding carboxylic acids is 7. The molecule has 0 spiro atoms. The summed E-state index contributed by atoms with van der Waals surface area (Å²) in [4.78, 5) is 98.5. The fourth-order valence-corrected chi connectivity index (χ4v) is 13.9. The van der Waals surface area contributed by atoms with Gasteiger partial charge in [-0.05, 0) is 133 Å². The highest BCUT2D eigenvalue weighted by Crippen LogP contribution is 2.40. The van der Waals surface area contributed by atoms with Crippen LogP contribution in [0.25, 0.3) is 60.1 Å². The molecule has 5 aliphatic rings. The van der Waals surface area contributed by atoms with Gasteiger partial charge < -0.3 is 82.0 Å².